The van der Waals surface area contributed by atoms with Crippen LogP contribution in [0.3, 0.4) is 0 Å². The summed E-state index contributed by atoms with van der Waals surface area (Å²) >= 11 is 5.97. The van der Waals surface area contributed by atoms with Crippen molar-refractivity contribution in [3.63, 3.8) is 0 Å². The highest BCUT2D eigenvalue weighted by molar-refractivity contribution is 7.85. The number of ether oxygens (including phenoxy) is 4. The fraction of sp³-hybridized carbons (Fsp3) is 0.303. The Morgan fingerprint density at radius 2 is 1.61 bits per heavy atom. The molecule has 0 fully saturated rings. The van der Waals surface area contributed by atoms with Crippen LogP contribution in [0.1, 0.15) is 39.5 Å². The molecule has 5 rings (SSSR count). The maximum atomic E-state index is 14.4. The summed E-state index contributed by atoms with van der Waals surface area (Å²) in [6, 6.07) is 8.64. The second-order valence-corrected chi connectivity index (χ2v) is 12.2. The highest BCUT2D eigenvalue weighted by atomic mass is 35.5. The number of imide groups is 1. The molecule has 1 aliphatic heterocycles. The van der Waals surface area contributed by atoms with E-state index in [4.69, 9.17) is 41.2 Å². The van der Waals surface area contributed by atoms with Crippen molar-refractivity contribution in [1.82, 2.24) is 14.7 Å². The van der Waals surface area contributed by atoms with Gasteiger partial charge in [0.2, 0.25) is 17.7 Å². The van der Waals surface area contributed by atoms with Crippen LogP contribution in [0.4, 0.5) is 20.8 Å². The van der Waals surface area contributed by atoms with E-state index in [2.05, 4.69) is 21.2 Å². The van der Waals surface area contributed by atoms with Gasteiger partial charge < -0.3 is 23.1 Å². The molecule has 1 aliphatic carbocycles. The molecule has 51 heavy (non-hydrogen) atoms. The van der Waals surface area contributed by atoms with Crippen LogP contribution >= 0.6 is 11.6 Å². The minimum absolute atomic E-state index is 0.0233. The minimum atomic E-state index is -4.49. The van der Waals surface area contributed by atoms with Crippen LogP contribution in [-0.4, -0.2) is 63.2 Å². The van der Waals surface area contributed by atoms with E-state index < -0.39 is 40.1 Å². The van der Waals surface area contributed by atoms with Crippen LogP contribution in [0, 0.1) is 18.2 Å². The smallest absolute Gasteiger partial charge is 0.411 e. The Morgan fingerprint density at radius 3 is 2.16 bits per heavy atom. The van der Waals surface area contributed by atoms with Crippen LogP contribution in [0.5, 0.6) is 29.0 Å². The number of benzene rings is 2. The molecule has 0 radical (unpaired) electrons. The average molecular weight is 746 g/mol. The van der Waals surface area contributed by atoms with Crippen molar-refractivity contribution in [3.05, 3.63) is 64.5 Å². The predicted molar refractivity (Wildman–Crippen MR) is 183 cm³/mol. The molecule has 2 heterocycles. The van der Waals surface area contributed by atoms with Gasteiger partial charge in [-0.25, -0.2) is 18.8 Å². The SMILES string of the molecule is C#CC(C)Oc1cc(N2C(=O)C3=C(CCCC3)C2=O)c(F)cc1Cl.CCOc1ccccc1OS(=O)(=O)NC(=O)Nc1nc(OC)cc(OC)n1. The van der Waals surface area contributed by atoms with Gasteiger partial charge in [-0.15, -0.1) is 6.42 Å². The van der Waals surface area contributed by atoms with Gasteiger partial charge in [0.15, 0.2) is 17.6 Å². The largest absolute Gasteiger partial charge is 0.490 e. The molecule has 0 saturated heterocycles. The summed E-state index contributed by atoms with van der Waals surface area (Å²) in [7, 11) is -1.76. The number of rotatable bonds is 11. The Balaban J connectivity index is 0.000000230. The molecule has 270 valence electrons. The lowest BCUT2D eigenvalue weighted by Crippen LogP contribution is -2.37. The lowest BCUT2D eigenvalue weighted by atomic mass is 9.93. The molecule has 2 aromatic carbocycles. The highest BCUT2D eigenvalue weighted by Crippen LogP contribution is 2.39. The number of halogens is 2. The van der Waals surface area contributed by atoms with E-state index in [1.54, 1.807) is 30.7 Å². The zero-order chi connectivity index (χ0) is 37.3. The van der Waals surface area contributed by atoms with Gasteiger partial charge in [-0.1, -0.05) is 29.7 Å². The number of aromatic nitrogens is 2. The summed E-state index contributed by atoms with van der Waals surface area (Å²) in [5, 5.41) is 2.17. The first-order valence-electron chi connectivity index (χ1n) is 15.2. The number of terminal acetylenes is 1. The first-order valence-corrected chi connectivity index (χ1v) is 17.0. The highest BCUT2D eigenvalue weighted by Gasteiger charge is 2.41. The van der Waals surface area contributed by atoms with Gasteiger partial charge in [0.25, 0.3) is 11.8 Å². The molecule has 4 amide bonds. The van der Waals surface area contributed by atoms with Crippen molar-refractivity contribution < 1.29 is 50.3 Å². The van der Waals surface area contributed by atoms with Crippen LogP contribution in [0.2, 0.25) is 5.02 Å². The van der Waals surface area contributed by atoms with Crippen molar-refractivity contribution in [2.24, 2.45) is 0 Å². The van der Waals surface area contributed by atoms with Crippen LogP contribution in [-0.2, 0) is 19.9 Å². The summed E-state index contributed by atoms with van der Waals surface area (Å²) in [5.74, 6) is 0.949. The van der Waals surface area contributed by atoms with Crippen LogP contribution in [0.15, 0.2) is 53.6 Å². The van der Waals surface area contributed by atoms with Gasteiger partial charge in [0.05, 0.1) is 37.6 Å². The number of urea groups is 1. The van der Waals surface area contributed by atoms with Gasteiger partial charge >= 0.3 is 16.3 Å². The second kappa shape index (κ2) is 16.9. The summed E-state index contributed by atoms with van der Waals surface area (Å²) in [6.45, 7) is 3.68. The number of hydrogen-bond acceptors (Lipinski definition) is 12. The number of anilines is 2. The third kappa shape index (κ3) is 9.55. The number of nitrogens with zero attached hydrogens (tertiary/aromatic N) is 3. The Kier molecular flexibility index (Phi) is 12.6. The maximum absolute atomic E-state index is 14.4. The second-order valence-electron chi connectivity index (χ2n) is 10.5. The van der Waals surface area contributed by atoms with E-state index in [-0.39, 0.29) is 45.7 Å². The van der Waals surface area contributed by atoms with Gasteiger partial charge in [-0.2, -0.15) is 18.4 Å². The molecule has 0 saturated carbocycles. The van der Waals surface area contributed by atoms with Gasteiger partial charge in [0.1, 0.15) is 11.6 Å². The molecule has 0 spiro atoms. The molecule has 18 heteroatoms. The molecule has 0 bridgehead atoms. The first-order chi connectivity index (χ1) is 24.3. The topological polar surface area (TPSA) is 185 Å². The minimum Gasteiger partial charge on any atom is -0.490 e. The predicted octanol–water partition coefficient (Wildman–Crippen LogP) is 4.96. The lowest BCUT2D eigenvalue weighted by Gasteiger charge is -2.19. The van der Waals surface area contributed by atoms with E-state index >= 15 is 0 Å². The van der Waals surface area contributed by atoms with Gasteiger partial charge in [-0.05, 0) is 57.7 Å². The number of hydrogen-bond donors (Lipinski definition) is 2. The summed E-state index contributed by atoms with van der Waals surface area (Å²) in [4.78, 5) is 45.6. The lowest BCUT2D eigenvalue weighted by molar-refractivity contribution is -0.120. The molecule has 1 atom stereocenters. The fourth-order valence-corrected chi connectivity index (χ4v) is 5.69. The Bertz CT molecular complexity index is 1950. The molecule has 3 aromatic rings. The van der Waals surface area contributed by atoms with Crippen molar-refractivity contribution in [1.29, 1.82) is 0 Å². The molecule has 2 N–H and O–H groups in total. The van der Waals surface area contributed by atoms with E-state index in [1.165, 1.54) is 38.5 Å². The first kappa shape index (κ1) is 38.2. The van der Waals surface area contributed by atoms with E-state index in [1.807, 2.05) is 0 Å². The van der Waals surface area contributed by atoms with Crippen molar-refractivity contribution in [3.8, 4) is 41.4 Å². The summed E-state index contributed by atoms with van der Waals surface area (Å²) in [5.41, 5.74) is 0.808. The number of carbonyl (C=O) groups is 3. The molecule has 1 aromatic heterocycles. The summed E-state index contributed by atoms with van der Waals surface area (Å²) < 4.78 is 65.6. The van der Waals surface area contributed by atoms with E-state index in [0.717, 1.165) is 23.8 Å². The number of para-hydroxylation sites is 2. The van der Waals surface area contributed by atoms with Crippen molar-refractivity contribution in [2.45, 2.75) is 45.6 Å². The Labute approximate surface area is 298 Å². The monoisotopic (exact) mass is 745 g/mol. The van der Waals surface area contributed by atoms with Crippen LogP contribution < -0.4 is 38.1 Å². The van der Waals surface area contributed by atoms with Gasteiger partial charge in [-0.3, -0.25) is 14.9 Å². The number of methoxy groups -OCH3 is 2. The third-order valence-electron chi connectivity index (χ3n) is 7.06. The van der Waals surface area contributed by atoms with E-state index in [0.29, 0.717) is 30.6 Å². The molecular weight excluding hydrogens is 713 g/mol. The Hall–Kier alpha value is -5.60. The molecule has 1 unspecified atom stereocenters. The fourth-order valence-electron chi connectivity index (χ4n) is 4.81. The normalized spacial score (nSPS) is 14.3. The number of carbonyl (C=O) groups excluding carboxylic acids is 3. The zero-order valence-corrected chi connectivity index (χ0v) is 29.4. The van der Waals surface area contributed by atoms with E-state index in [9.17, 15) is 27.2 Å². The zero-order valence-electron chi connectivity index (χ0n) is 27.8. The Morgan fingerprint density at radius 1 is 1.02 bits per heavy atom. The quantitative estimate of drug-likeness (QED) is 0.199. The molecule has 15 nitrogen and oxygen atoms in total. The summed E-state index contributed by atoms with van der Waals surface area (Å²) in [6.07, 6.45) is 7.47. The standard InChI is InChI=1S/C18H15ClFNO3.C15H18N4O7S/c1-3-10(2)24-16-9-15(14(20)8-13(16)19)21-17(22)11-6-4-5-7-12(11)18(21)23;1-4-25-10-7-5-6-8-11(10)26-27(21,22)19-15(20)18-14-16-12(23-2)9-13(17-14)24-3/h1,8-10H,4-7H2,2H3;5-9H,4H2,1-3H3,(H2,16,17,18,19,20). The third-order valence-corrected chi connectivity index (χ3v) is 8.19. The van der Waals surface area contributed by atoms with Crippen LogP contribution in [0.25, 0.3) is 0 Å². The number of nitrogens with one attached hydrogen (secondary N) is 2. The number of amides is 4. The van der Waals surface area contributed by atoms with Crippen molar-refractivity contribution in [2.75, 3.05) is 31.0 Å². The molecular formula is C33H33ClFN5O10S. The molecule has 2 aliphatic rings. The van der Waals surface area contributed by atoms with Crippen molar-refractivity contribution >= 4 is 51.4 Å². The maximum Gasteiger partial charge on any atom is 0.411 e. The average Bonchev–Trinajstić information content (AvgIpc) is 3.35. The van der Waals surface area contributed by atoms with Gasteiger partial charge in [0, 0.05) is 17.2 Å².